The van der Waals surface area contributed by atoms with Crippen molar-refractivity contribution in [3.05, 3.63) is 10.4 Å². The van der Waals surface area contributed by atoms with Crippen molar-refractivity contribution in [1.29, 1.82) is 0 Å². The first kappa shape index (κ1) is 15.5. The molecular weight excluding hydrogens is 264 g/mol. The SMILES string of the molecule is CCC(=O)c1sc(NC(C)CC)c(C(=O)OC)c1N. The van der Waals surface area contributed by atoms with E-state index in [1.54, 1.807) is 6.92 Å². The number of ether oxygens (including phenoxy) is 1. The van der Waals surface area contributed by atoms with E-state index >= 15 is 0 Å². The first-order valence-electron chi connectivity index (χ1n) is 6.26. The third kappa shape index (κ3) is 3.26. The van der Waals surface area contributed by atoms with E-state index in [1.165, 1.54) is 18.4 Å². The van der Waals surface area contributed by atoms with E-state index in [0.29, 0.717) is 16.3 Å². The number of carbonyl (C=O) groups is 2. The van der Waals surface area contributed by atoms with Gasteiger partial charge in [0.2, 0.25) is 0 Å². The summed E-state index contributed by atoms with van der Waals surface area (Å²) in [5.74, 6) is -0.584. The van der Waals surface area contributed by atoms with Gasteiger partial charge in [0.25, 0.3) is 0 Å². The molecule has 1 rings (SSSR count). The maximum Gasteiger partial charge on any atom is 0.343 e. The third-order valence-electron chi connectivity index (χ3n) is 2.90. The Morgan fingerprint density at radius 1 is 1.42 bits per heavy atom. The topological polar surface area (TPSA) is 81.4 Å². The molecule has 1 heterocycles. The zero-order chi connectivity index (χ0) is 14.6. The fraction of sp³-hybridized carbons (Fsp3) is 0.538. The number of rotatable bonds is 6. The molecule has 0 aliphatic heterocycles. The van der Waals surface area contributed by atoms with Crippen LogP contribution < -0.4 is 11.1 Å². The van der Waals surface area contributed by atoms with Crippen molar-refractivity contribution in [3.63, 3.8) is 0 Å². The van der Waals surface area contributed by atoms with Crippen molar-refractivity contribution in [2.75, 3.05) is 18.2 Å². The van der Waals surface area contributed by atoms with Crippen LogP contribution in [0.2, 0.25) is 0 Å². The predicted octanol–water partition coefficient (Wildman–Crippen LogP) is 2.92. The van der Waals surface area contributed by atoms with Crippen LogP contribution in [0.15, 0.2) is 0 Å². The van der Waals surface area contributed by atoms with Crippen LogP contribution in [0.25, 0.3) is 0 Å². The van der Waals surface area contributed by atoms with Crippen molar-refractivity contribution in [3.8, 4) is 0 Å². The van der Waals surface area contributed by atoms with Crippen molar-refractivity contribution in [2.24, 2.45) is 0 Å². The highest BCUT2D eigenvalue weighted by atomic mass is 32.1. The van der Waals surface area contributed by atoms with Crippen molar-refractivity contribution in [2.45, 2.75) is 39.7 Å². The van der Waals surface area contributed by atoms with Crippen LogP contribution in [-0.2, 0) is 4.74 Å². The molecule has 3 N–H and O–H groups in total. The molecule has 5 nitrogen and oxygen atoms in total. The Morgan fingerprint density at radius 2 is 2.05 bits per heavy atom. The molecule has 0 saturated carbocycles. The van der Waals surface area contributed by atoms with E-state index < -0.39 is 5.97 Å². The number of anilines is 2. The van der Waals surface area contributed by atoms with Gasteiger partial charge in [-0.1, -0.05) is 13.8 Å². The number of thiophene rings is 1. The summed E-state index contributed by atoms with van der Waals surface area (Å²) >= 11 is 1.22. The Labute approximate surface area is 117 Å². The monoisotopic (exact) mass is 284 g/mol. The summed E-state index contributed by atoms with van der Waals surface area (Å²) in [5.41, 5.74) is 6.41. The highest BCUT2D eigenvalue weighted by Gasteiger charge is 2.25. The Kier molecular flexibility index (Phi) is 5.35. The summed E-state index contributed by atoms with van der Waals surface area (Å²) in [6, 6.07) is 0.186. The molecular formula is C13H20N2O3S. The number of nitrogens with two attached hydrogens (primary N) is 1. The maximum atomic E-state index is 11.8. The highest BCUT2D eigenvalue weighted by Crippen LogP contribution is 2.37. The zero-order valence-corrected chi connectivity index (χ0v) is 12.5. The average Bonchev–Trinajstić information content (AvgIpc) is 2.73. The largest absolute Gasteiger partial charge is 0.465 e. The highest BCUT2D eigenvalue weighted by molar-refractivity contribution is 7.19. The number of esters is 1. The van der Waals surface area contributed by atoms with Gasteiger partial charge in [-0.25, -0.2) is 4.79 Å². The van der Waals surface area contributed by atoms with Gasteiger partial charge in [0, 0.05) is 12.5 Å². The quantitative estimate of drug-likeness (QED) is 0.620. The molecule has 1 unspecified atom stereocenters. The number of methoxy groups -OCH3 is 1. The molecule has 0 fully saturated rings. The number of carbonyl (C=O) groups excluding carboxylic acids is 2. The summed E-state index contributed by atoms with van der Waals surface area (Å²) in [6.07, 6.45) is 1.25. The predicted molar refractivity (Wildman–Crippen MR) is 78.1 cm³/mol. The van der Waals surface area contributed by atoms with Crippen LogP contribution in [0.3, 0.4) is 0 Å². The number of nitrogens with one attached hydrogen (secondary N) is 1. The van der Waals surface area contributed by atoms with Crippen molar-refractivity contribution in [1.82, 2.24) is 0 Å². The molecule has 0 radical (unpaired) electrons. The Bertz CT molecular complexity index is 482. The smallest absolute Gasteiger partial charge is 0.343 e. The molecule has 0 saturated heterocycles. The second-order valence-corrected chi connectivity index (χ2v) is 5.29. The van der Waals surface area contributed by atoms with Crippen LogP contribution in [0.4, 0.5) is 10.7 Å². The van der Waals surface area contributed by atoms with Crippen LogP contribution in [-0.4, -0.2) is 24.9 Å². The summed E-state index contributed by atoms with van der Waals surface area (Å²) < 4.78 is 4.74. The van der Waals surface area contributed by atoms with E-state index in [4.69, 9.17) is 10.5 Å². The second-order valence-electron chi connectivity index (χ2n) is 4.27. The molecule has 0 amide bonds. The van der Waals surface area contributed by atoms with Crippen LogP contribution in [0, 0.1) is 0 Å². The first-order chi connectivity index (χ1) is 8.96. The molecule has 0 bridgehead atoms. The minimum absolute atomic E-state index is 0.0649. The van der Waals surface area contributed by atoms with Gasteiger partial charge in [-0.2, -0.15) is 0 Å². The van der Waals surface area contributed by atoms with E-state index in [1.807, 2.05) is 13.8 Å². The number of nitrogen functional groups attached to an aromatic ring is 1. The lowest BCUT2D eigenvalue weighted by atomic mass is 10.1. The summed E-state index contributed by atoms with van der Waals surface area (Å²) in [5, 5.41) is 3.81. The minimum atomic E-state index is -0.519. The molecule has 0 aromatic carbocycles. The van der Waals surface area contributed by atoms with Gasteiger partial charge in [0.15, 0.2) is 5.78 Å². The zero-order valence-electron chi connectivity index (χ0n) is 11.7. The lowest BCUT2D eigenvalue weighted by Gasteiger charge is -2.12. The van der Waals surface area contributed by atoms with E-state index in [9.17, 15) is 9.59 Å². The Morgan fingerprint density at radius 3 is 2.53 bits per heavy atom. The molecule has 1 aromatic rings. The molecule has 0 aliphatic rings. The summed E-state index contributed by atoms with van der Waals surface area (Å²) in [7, 11) is 1.30. The fourth-order valence-electron chi connectivity index (χ4n) is 1.54. The average molecular weight is 284 g/mol. The van der Waals surface area contributed by atoms with Gasteiger partial charge in [0.05, 0.1) is 17.7 Å². The van der Waals surface area contributed by atoms with Gasteiger partial charge in [-0.3, -0.25) is 4.79 Å². The van der Waals surface area contributed by atoms with Crippen LogP contribution >= 0.6 is 11.3 Å². The number of Topliss-reactive ketones (excluding diaryl/α,β-unsaturated/α-hetero) is 1. The van der Waals surface area contributed by atoms with Gasteiger partial charge in [0.1, 0.15) is 10.6 Å². The molecule has 6 heteroatoms. The second kappa shape index (κ2) is 6.56. The van der Waals surface area contributed by atoms with Crippen molar-refractivity contribution < 1.29 is 14.3 Å². The van der Waals surface area contributed by atoms with E-state index in [-0.39, 0.29) is 23.1 Å². The molecule has 1 aromatic heterocycles. The Hall–Kier alpha value is -1.56. The molecule has 1 atom stereocenters. The summed E-state index contributed by atoms with van der Waals surface area (Å²) in [4.78, 5) is 24.0. The van der Waals surface area contributed by atoms with Gasteiger partial charge in [-0.15, -0.1) is 11.3 Å². The van der Waals surface area contributed by atoms with Gasteiger partial charge in [-0.05, 0) is 13.3 Å². The molecule has 0 spiro atoms. The van der Waals surface area contributed by atoms with Crippen LogP contribution in [0.5, 0.6) is 0 Å². The van der Waals surface area contributed by atoms with Gasteiger partial charge >= 0.3 is 5.97 Å². The molecule has 106 valence electrons. The third-order valence-corrected chi connectivity index (χ3v) is 4.08. The fourth-order valence-corrected chi connectivity index (χ4v) is 2.77. The van der Waals surface area contributed by atoms with E-state index in [2.05, 4.69) is 5.32 Å². The van der Waals surface area contributed by atoms with Gasteiger partial charge < -0.3 is 15.8 Å². The minimum Gasteiger partial charge on any atom is -0.465 e. The van der Waals surface area contributed by atoms with Crippen LogP contribution in [0.1, 0.15) is 53.6 Å². The lowest BCUT2D eigenvalue weighted by molar-refractivity contribution is 0.0603. The normalized spacial score (nSPS) is 12.0. The standard InChI is InChI=1S/C13H20N2O3S/c1-5-7(3)15-12-9(13(17)18-4)10(14)11(19-12)8(16)6-2/h7,15H,5-6,14H2,1-4H3. The molecule has 19 heavy (non-hydrogen) atoms. The van der Waals surface area contributed by atoms with E-state index in [0.717, 1.165) is 6.42 Å². The first-order valence-corrected chi connectivity index (χ1v) is 7.08. The Balaban J connectivity index is 3.27. The number of hydrogen-bond donors (Lipinski definition) is 2. The number of ketones is 1. The van der Waals surface area contributed by atoms with Crippen molar-refractivity contribution >= 4 is 33.8 Å². The maximum absolute atomic E-state index is 11.8. The number of hydrogen-bond acceptors (Lipinski definition) is 6. The summed E-state index contributed by atoms with van der Waals surface area (Å²) in [6.45, 7) is 5.80. The lowest BCUT2D eigenvalue weighted by Crippen LogP contribution is -2.15. The molecule has 0 aliphatic carbocycles.